The standard InChI is InChI=1S/C24H26N6OS/c1-16(2)30-21(13-14-25-30)26-22(31)15-32-24-28-27-23(19-9-5-17(3)6-10-19)29(24)20-11-7-18(4)8-12-20/h5-14,16H,15H2,1-4H3,(H,26,31). The summed E-state index contributed by atoms with van der Waals surface area (Å²) in [5.41, 5.74) is 4.29. The zero-order valence-electron chi connectivity index (χ0n) is 18.6. The van der Waals surface area contributed by atoms with E-state index in [0.717, 1.165) is 17.1 Å². The summed E-state index contributed by atoms with van der Waals surface area (Å²) in [6.45, 7) is 8.15. The van der Waals surface area contributed by atoms with Crippen LogP contribution < -0.4 is 5.32 Å². The molecule has 0 fully saturated rings. The Bertz CT molecular complexity index is 1210. The van der Waals surface area contributed by atoms with Gasteiger partial charge >= 0.3 is 0 Å². The molecular formula is C24H26N6OS. The first kappa shape index (κ1) is 21.8. The minimum absolute atomic E-state index is 0.118. The van der Waals surface area contributed by atoms with Crippen LogP contribution >= 0.6 is 11.8 Å². The maximum absolute atomic E-state index is 12.6. The van der Waals surface area contributed by atoms with Gasteiger partial charge in [0.05, 0.1) is 11.9 Å². The summed E-state index contributed by atoms with van der Waals surface area (Å²) in [5.74, 6) is 1.52. The second kappa shape index (κ2) is 9.40. The Morgan fingerprint density at radius 2 is 1.62 bits per heavy atom. The topological polar surface area (TPSA) is 77.6 Å². The van der Waals surface area contributed by atoms with E-state index in [2.05, 4.69) is 58.7 Å². The van der Waals surface area contributed by atoms with Gasteiger partial charge in [-0.3, -0.25) is 9.36 Å². The summed E-state index contributed by atoms with van der Waals surface area (Å²) in [6, 6.07) is 18.4. The van der Waals surface area contributed by atoms with Crippen molar-refractivity contribution in [3.05, 3.63) is 71.9 Å². The van der Waals surface area contributed by atoms with Crippen molar-refractivity contribution in [1.82, 2.24) is 24.5 Å². The molecule has 0 atom stereocenters. The fourth-order valence-electron chi connectivity index (χ4n) is 3.31. The normalized spacial score (nSPS) is 11.2. The number of rotatable bonds is 7. The third-order valence-electron chi connectivity index (χ3n) is 4.99. The molecule has 0 bridgehead atoms. The van der Waals surface area contributed by atoms with E-state index in [0.29, 0.717) is 11.0 Å². The van der Waals surface area contributed by atoms with Gasteiger partial charge in [-0.2, -0.15) is 5.10 Å². The molecule has 2 aromatic heterocycles. The van der Waals surface area contributed by atoms with Crippen LogP contribution in [0.1, 0.15) is 31.0 Å². The number of carbonyl (C=O) groups excluding carboxylic acids is 1. The van der Waals surface area contributed by atoms with Gasteiger partial charge in [0, 0.05) is 23.4 Å². The molecule has 8 heteroatoms. The minimum Gasteiger partial charge on any atom is -0.310 e. The average molecular weight is 447 g/mol. The van der Waals surface area contributed by atoms with Gasteiger partial charge in [0.15, 0.2) is 11.0 Å². The van der Waals surface area contributed by atoms with Crippen molar-refractivity contribution in [3.8, 4) is 17.1 Å². The number of amides is 1. The van der Waals surface area contributed by atoms with Crippen molar-refractivity contribution in [3.63, 3.8) is 0 Å². The van der Waals surface area contributed by atoms with Gasteiger partial charge in [-0.05, 0) is 39.8 Å². The number of hydrogen-bond donors (Lipinski definition) is 1. The van der Waals surface area contributed by atoms with Crippen molar-refractivity contribution in [1.29, 1.82) is 0 Å². The van der Waals surface area contributed by atoms with Crippen molar-refractivity contribution < 1.29 is 4.79 Å². The molecule has 0 radical (unpaired) electrons. The van der Waals surface area contributed by atoms with Gasteiger partial charge < -0.3 is 5.32 Å². The van der Waals surface area contributed by atoms with Crippen molar-refractivity contribution in [2.45, 2.75) is 38.9 Å². The van der Waals surface area contributed by atoms with E-state index < -0.39 is 0 Å². The Hall–Kier alpha value is -3.39. The fourth-order valence-corrected chi connectivity index (χ4v) is 4.07. The van der Waals surface area contributed by atoms with Crippen LogP contribution in [0, 0.1) is 13.8 Å². The summed E-state index contributed by atoms with van der Waals surface area (Å²) in [4.78, 5) is 12.6. The van der Waals surface area contributed by atoms with Gasteiger partial charge in [-0.1, -0.05) is 59.3 Å². The lowest BCUT2D eigenvalue weighted by Crippen LogP contribution is -2.18. The molecule has 2 heterocycles. The Morgan fingerprint density at radius 3 is 2.28 bits per heavy atom. The van der Waals surface area contributed by atoms with Crippen LogP contribution in [0.25, 0.3) is 17.1 Å². The predicted molar refractivity (Wildman–Crippen MR) is 128 cm³/mol. The zero-order valence-corrected chi connectivity index (χ0v) is 19.4. The molecule has 4 aromatic rings. The summed E-state index contributed by atoms with van der Waals surface area (Å²) in [5, 5.41) is 16.7. The minimum atomic E-state index is -0.118. The zero-order chi connectivity index (χ0) is 22.7. The number of carbonyl (C=O) groups is 1. The van der Waals surface area contributed by atoms with Gasteiger partial charge in [0.25, 0.3) is 0 Å². The molecule has 4 rings (SSSR count). The lowest BCUT2D eigenvalue weighted by atomic mass is 10.1. The molecule has 1 N–H and O–H groups in total. The van der Waals surface area contributed by atoms with Crippen LogP contribution in [0.15, 0.2) is 66.0 Å². The molecule has 164 valence electrons. The van der Waals surface area contributed by atoms with E-state index in [1.807, 2.05) is 42.7 Å². The van der Waals surface area contributed by atoms with Crippen LogP contribution in [0.5, 0.6) is 0 Å². The van der Waals surface area contributed by atoms with Crippen LogP contribution in [-0.4, -0.2) is 36.2 Å². The van der Waals surface area contributed by atoms with Gasteiger partial charge in [-0.15, -0.1) is 10.2 Å². The number of nitrogens with one attached hydrogen (secondary N) is 1. The largest absolute Gasteiger partial charge is 0.310 e. The number of nitrogens with zero attached hydrogens (tertiary/aromatic N) is 5. The quantitative estimate of drug-likeness (QED) is 0.402. The third-order valence-corrected chi connectivity index (χ3v) is 5.92. The molecule has 0 aliphatic carbocycles. The molecular weight excluding hydrogens is 420 g/mol. The molecule has 0 unspecified atom stereocenters. The number of hydrogen-bond acceptors (Lipinski definition) is 5. The third kappa shape index (κ3) is 4.75. The number of anilines is 1. The van der Waals surface area contributed by atoms with Crippen molar-refractivity contribution in [2.24, 2.45) is 0 Å². The Balaban J connectivity index is 1.59. The Labute approximate surface area is 191 Å². The molecule has 0 spiro atoms. The number of aryl methyl sites for hydroxylation is 2. The first-order valence-electron chi connectivity index (χ1n) is 10.5. The summed E-state index contributed by atoms with van der Waals surface area (Å²) < 4.78 is 3.79. The first-order valence-corrected chi connectivity index (χ1v) is 11.5. The highest BCUT2D eigenvalue weighted by atomic mass is 32.2. The number of thioether (sulfide) groups is 1. The van der Waals surface area contributed by atoms with Crippen LogP contribution in [-0.2, 0) is 4.79 Å². The van der Waals surface area contributed by atoms with Gasteiger partial charge in [-0.25, -0.2) is 4.68 Å². The second-order valence-electron chi connectivity index (χ2n) is 7.93. The van der Waals surface area contributed by atoms with Gasteiger partial charge in [0.2, 0.25) is 5.91 Å². The molecule has 1 amide bonds. The molecule has 32 heavy (non-hydrogen) atoms. The predicted octanol–water partition coefficient (Wildman–Crippen LogP) is 5.06. The lowest BCUT2D eigenvalue weighted by Gasteiger charge is -2.12. The molecule has 0 saturated carbocycles. The Kier molecular flexibility index (Phi) is 6.41. The monoisotopic (exact) mass is 446 g/mol. The highest BCUT2D eigenvalue weighted by molar-refractivity contribution is 7.99. The van der Waals surface area contributed by atoms with Crippen LogP contribution in [0.2, 0.25) is 0 Å². The fraction of sp³-hybridized carbons (Fsp3) is 0.250. The van der Waals surface area contributed by atoms with Crippen molar-refractivity contribution >= 4 is 23.5 Å². The van der Waals surface area contributed by atoms with E-state index in [1.165, 1.54) is 22.9 Å². The van der Waals surface area contributed by atoms with E-state index in [9.17, 15) is 4.79 Å². The molecule has 0 saturated heterocycles. The van der Waals surface area contributed by atoms with Crippen LogP contribution in [0.3, 0.4) is 0 Å². The number of benzene rings is 2. The molecule has 2 aromatic carbocycles. The summed E-state index contributed by atoms with van der Waals surface area (Å²) in [6.07, 6.45) is 1.69. The smallest absolute Gasteiger partial charge is 0.235 e. The highest BCUT2D eigenvalue weighted by Gasteiger charge is 2.18. The average Bonchev–Trinajstić information content (AvgIpc) is 3.40. The van der Waals surface area contributed by atoms with Crippen LogP contribution in [0.4, 0.5) is 5.82 Å². The second-order valence-corrected chi connectivity index (χ2v) is 8.88. The maximum Gasteiger partial charge on any atom is 0.235 e. The molecule has 7 nitrogen and oxygen atoms in total. The number of aromatic nitrogens is 5. The molecule has 0 aliphatic rings. The SMILES string of the molecule is Cc1ccc(-c2nnc(SCC(=O)Nc3ccnn3C(C)C)n2-c2ccc(C)cc2)cc1. The maximum atomic E-state index is 12.6. The van der Waals surface area contributed by atoms with E-state index in [1.54, 1.807) is 16.9 Å². The van der Waals surface area contributed by atoms with Gasteiger partial charge in [0.1, 0.15) is 5.82 Å². The summed E-state index contributed by atoms with van der Waals surface area (Å²) in [7, 11) is 0. The van der Waals surface area contributed by atoms with E-state index >= 15 is 0 Å². The lowest BCUT2D eigenvalue weighted by molar-refractivity contribution is -0.113. The highest BCUT2D eigenvalue weighted by Crippen LogP contribution is 2.28. The molecule has 0 aliphatic heterocycles. The van der Waals surface area contributed by atoms with E-state index in [-0.39, 0.29) is 17.7 Å². The van der Waals surface area contributed by atoms with E-state index in [4.69, 9.17) is 0 Å². The summed E-state index contributed by atoms with van der Waals surface area (Å²) >= 11 is 1.36. The van der Waals surface area contributed by atoms with Crippen molar-refractivity contribution in [2.75, 3.05) is 11.1 Å². The first-order chi connectivity index (χ1) is 15.4. The Morgan fingerprint density at radius 1 is 0.969 bits per heavy atom.